The molecule has 1 N–H and O–H groups in total. The van der Waals surface area contributed by atoms with Gasteiger partial charge in [0.25, 0.3) is 15.9 Å². The number of amides is 1. The van der Waals surface area contributed by atoms with Crippen molar-refractivity contribution in [3.05, 3.63) is 48.0 Å². The van der Waals surface area contributed by atoms with Crippen LogP contribution in [0.5, 0.6) is 0 Å². The normalized spacial score (nSPS) is 16.4. The van der Waals surface area contributed by atoms with Crippen LogP contribution >= 0.6 is 11.8 Å². The van der Waals surface area contributed by atoms with Gasteiger partial charge in [0.05, 0.1) is 22.5 Å². The third kappa shape index (κ3) is 4.35. The Morgan fingerprint density at radius 2 is 2.09 bits per heavy atom. The predicted octanol–water partition coefficient (Wildman–Crippen LogP) is 3.33. The number of sulfonamides is 1. The van der Waals surface area contributed by atoms with Crippen LogP contribution in [0.25, 0.3) is 11.0 Å². The molecule has 0 aliphatic carbocycles. The maximum Gasteiger partial charge on any atom is 0.258 e. The third-order valence-corrected chi connectivity index (χ3v) is 7.80. The summed E-state index contributed by atoms with van der Waals surface area (Å²) in [5, 5.41) is 3.38. The number of aryl methyl sites for hydroxylation is 1. The summed E-state index contributed by atoms with van der Waals surface area (Å²) < 4.78 is 35.0. The van der Waals surface area contributed by atoms with E-state index >= 15 is 0 Å². The van der Waals surface area contributed by atoms with Gasteiger partial charge in [0.2, 0.25) is 5.95 Å². The first-order valence-corrected chi connectivity index (χ1v) is 13.1. The van der Waals surface area contributed by atoms with Crippen molar-refractivity contribution in [2.75, 3.05) is 35.7 Å². The number of benzene rings is 2. The Balaban J connectivity index is 1.39. The zero-order valence-corrected chi connectivity index (χ0v) is 19.7. The van der Waals surface area contributed by atoms with Crippen LogP contribution in [0.1, 0.15) is 23.7 Å². The molecule has 33 heavy (non-hydrogen) atoms. The highest BCUT2D eigenvalue weighted by Gasteiger charge is 2.33. The zero-order chi connectivity index (χ0) is 23.0. The summed E-state index contributed by atoms with van der Waals surface area (Å²) in [5.41, 5.74) is 3.10. The van der Waals surface area contributed by atoms with Crippen molar-refractivity contribution in [1.29, 1.82) is 0 Å². The molecule has 9 nitrogen and oxygen atoms in total. The molecule has 0 unspecified atom stereocenters. The second-order valence-electron chi connectivity index (χ2n) is 7.68. The van der Waals surface area contributed by atoms with E-state index in [4.69, 9.17) is 4.74 Å². The average molecular weight is 486 g/mol. The number of carbonyl (C=O) groups is 1. The fraction of sp³-hybridized carbons (Fsp3) is 0.318. The summed E-state index contributed by atoms with van der Waals surface area (Å²) >= 11 is 1.26. The van der Waals surface area contributed by atoms with E-state index in [9.17, 15) is 13.2 Å². The van der Waals surface area contributed by atoms with E-state index in [0.717, 1.165) is 28.0 Å². The smallest absolute Gasteiger partial charge is 0.258 e. The Labute approximate surface area is 195 Å². The van der Waals surface area contributed by atoms with Crippen molar-refractivity contribution in [3.8, 4) is 0 Å². The number of nitrogens with zero attached hydrogens (tertiary/aromatic N) is 4. The van der Waals surface area contributed by atoms with Crippen molar-refractivity contribution >= 4 is 55.5 Å². The van der Waals surface area contributed by atoms with Crippen LogP contribution < -0.4 is 10.2 Å². The molecule has 0 radical (unpaired) electrons. The van der Waals surface area contributed by atoms with Gasteiger partial charge < -0.3 is 14.2 Å². The Morgan fingerprint density at radius 1 is 1.24 bits per heavy atom. The maximum absolute atomic E-state index is 13.1. The Kier molecular flexibility index (Phi) is 5.85. The van der Waals surface area contributed by atoms with E-state index in [1.54, 1.807) is 12.1 Å². The zero-order valence-electron chi connectivity index (χ0n) is 18.0. The van der Waals surface area contributed by atoms with Gasteiger partial charge in [-0.2, -0.15) is 0 Å². The highest BCUT2D eigenvalue weighted by molar-refractivity contribution is 8.15. The van der Waals surface area contributed by atoms with E-state index in [2.05, 4.69) is 14.7 Å². The average Bonchev–Trinajstić information content (AvgIpc) is 3.32. The predicted molar refractivity (Wildman–Crippen MR) is 130 cm³/mol. The molecule has 0 bridgehead atoms. The van der Waals surface area contributed by atoms with Crippen LogP contribution in [0.2, 0.25) is 0 Å². The van der Waals surface area contributed by atoms with Gasteiger partial charge in [0, 0.05) is 36.8 Å². The molecule has 2 aliphatic heterocycles. The lowest BCUT2D eigenvalue weighted by molar-refractivity contribution is 0.102. The fourth-order valence-electron chi connectivity index (χ4n) is 3.91. The fourth-order valence-corrected chi connectivity index (χ4v) is 6.21. The van der Waals surface area contributed by atoms with E-state index < -0.39 is 10.0 Å². The van der Waals surface area contributed by atoms with Crippen molar-refractivity contribution in [3.63, 3.8) is 0 Å². The van der Waals surface area contributed by atoms with Gasteiger partial charge >= 0.3 is 0 Å². The molecule has 11 heteroatoms. The SMILES string of the molecule is CCOCCCn1c(NC(=O)c2ccc3c(c2)SC2=NS(=O)(=O)CCN23)nc2ccccc21. The van der Waals surface area contributed by atoms with Gasteiger partial charge in [-0.3, -0.25) is 10.1 Å². The number of rotatable bonds is 7. The Bertz CT molecular complexity index is 1370. The molecular weight excluding hydrogens is 462 g/mol. The molecular formula is C22H23N5O4S2. The number of ether oxygens (including phenoxy) is 1. The van der Waals surface area contributed by atoms with Crippen LogP contribution in [0.3, 0.4) is 0 Å². The molecule has 1 amide bonds. The van der Waals surface area contributed by atoms with Crippen LogP contribution in [-0.4, -0.2) is 54.6 Å². The number of imidazole rings is 1. The largest absolute Gasteiger partial charge is 0.382 e. The molecule has 5 rings (SSSR count). The van der Waals surface area contributed by atoms with Gasteiger partial charge in [-0.15, -0.1) is 4.40 Å². The number of hydrogen-bond acceptors (Lipinski definition) is 7. The minimum absolute atomic E-state index is 0.0156. The number of thioether (sulfide) groups is 1. The van der Waals surface area contributed by atoms with Crippen LogP contribution in [-0.2, 0) is 21.3 Å². The van der Waals surface area contributed by atoms with Gasteiger partial charge in [-0.1, -0.05) is 12.1 Å². The number of carbonyl (C=O) groups excluding carboxylic acids is 1. The minimum Gasteiger partial charge on any atom is -0.382 e. The number of para-hydroxylation sites is 2. The molecule has 3 aromatic rings. The lowest BCUT2D eigenvalue weighted by Crippen LogP contribution is -2.35. The van der Waals surface area contributed by atoms with Crippen molar-refractivity contribution in [1.82, 2.24) is 9.55 Å². The quantitative estimate of drug-likeness (QED) is 0.512. The lowest BCUT2D eigenvalue weighted by atomic mass is 10.2. The summed E-state index contributed by atoms with van der Waals surface area (Å²) in [4.78, 5) is 20.4. The Hall–Kier alpha value is -2.89. The first kappa shape index (κ1) is 21.9. The summed E-state index contributed by atoms with van der Waals surface area (Å²) in [7, 11) is -3.42. The number of hydrogen-bond donors (Lipinski definition) is 1. The molecule has 2 aromatic carbocycles. The standard InChI is InChI=1S/C22H23N5O4S2/c1-2-31-12-5-10-26-17-7-4-3-6-16(17)23-21(26)24-20(28)15-8-9-18-19(14-15)32-22-25-33(29,30)13-11-27(18)22/h3-4,6-9,14H,2,5,10-13H2,1H3,(H,23,24,28). The molecule has 172 valence electrons. The van der Waals surface area contributed by atoms with E-state index in [0.29, 0.717) is 43.0 Å². The van der Waals surface area contributed by atoms with Crippen molar-refractivity contribution in [2.45, 2.75) is 24.8 Å². The number of aromatic nitrogens is 2. The molecule has 0 saturated carbocycles. The number of fused-ring (bicyclic) bond motifs is 4. The summed E-state index contributed by atoms with van der Waals surface area (Å²) in [6, 6.07) is 13.1. The highest BCUT2D eigenvalue weighted by atomic mass is 32.2. The van der Waals surface area contributed by atoms with E-state index in [1.807, 2.05) is 46.7 Å². The summed E-state index contributed by atoms with van der Waals surface area (Å²) in [6.07, 6.45) is 0.799. The molecule has 1 aromatic heterocycles. The van der Waals surface area contributed by atoms with E-state index in [-0.39, 0.29) is 11.7 Å². The first-order valence-electron chi connectivity index (χ1n) is 10.7. The Morgan fingerprint density at radius 3 is 2.94 bits per heavy atom. The molecule has 2 aliphatic rings. The summed E-state index contributed by atoms with van der Waals surface area (Å²) in [6.45, 7) is 4.29. The third-order valence-electron chi connectivity index (χ3n) is 5.49. The first-order chi connectivity index (χ1) is 15.9. The molecule has 0 atom stereocenters. The molecule has 3 heterocycles. The van der Waals surface area contributed by atoms with Crippen LogP contribution in [0, 0.1) is 0 Å². The minimum atomic E-state index is -3.42. The lowest BCUT2D eigenvalue weighted by Gasteiger charge is -2.22. The number of nitrogens with one attached hydrogen (secondary N) is 1. The van der Waals surface area contributed by atoms with Gasteiger partial charge in [0.15, 0.2) is 5.17 Å². The topological polar surface area (TPSA) is 106 Å². The van der Waals surface area contributed by atoms with Gasteiger partial charge in [0.1, 0.15) is 0 Å². The van der Waals surface area contributed by atoms with Crippen molar-refractivity contribution < 1.29 is 17.9 Å². The summed E-state index contributed by atoms with van der Waals surface area (Å²) in [5.74, 6) is 0.191. The monoisotopic (exact) mass is 485 g/mol. The molecule has 0 spiro atoms. The van der Waals surface area contributed by atoms with Crippen LogP contribution in [0.15, 0.2) is 51.8 Å². The van der Waals surface area contributed by atoms with Crippen molar-refractivity contribution in [2.24, 2.45) is 4.40 Å². The second kappa shape index (κ2) is 8.81. The number of amidine groups is 1. The maximum atomic E-state index is 13.1. The molecule has 0 saturated heterocycles. The van der Waals surface area contributed by atoms with Gasteiger partial charge in [-0.25, -0.2) is 13.4 Å². The molecule has 0 fully saturated rings. The number of anilines is 2. The van der Waals surface area contributed by atoms with Crippen LogP contribution in [0.4, 0.5) is 11.6 Å². The second-order valence-corrected chi connectivity index (χ2v) is 10.4. The highest BCUT2D eigenvalue weighted by Crippen LogP contribution is 2.42. The van der Waals surface area contributed by atoms with E-state index in [1.165, 1.54) is 11.8 Å². The van der Waals surface area contributed by atoms with Gasteiger partial charge in [-0.05, 0) is 55.4 Å².